The molecule has 1 fully saturated rings. The number of piperidine rings is 1. The Bertz CT molecular complexity index is 1390. The molecule has 1 aliphatic rings. The second-order valence-electron chi connectivity index (χ2n) is 9.44. The molecule has 0 radical (unpaired) electrons. The number of likely N-dealkylation sites (tertiary alicyclic amines) is 1. The van der Waals surface area contributed by atoms with E-state index in [9.17, 15) is 9.59 Å². The average Bonchev–Trinajstić information content (AvgIpc) is 3.53. The van der Waals surface area contributed by atoms with Crippen molar-refractivity contribution in [2.24, 2.45) is 14.1 Å². The predicted octanol–water partition coefficient (Wildman–Crippen LogP) is 4.40. The minimum Gasteiger partial charge on any atom is -0.339 e. The van der Waals surface area contributed by atoms with Gasteiger partial charge in [0.15, 0.2) is 5.82 Å². The van der Waals surface area contributed by atoms with Gasteiger partial charge in [-0.3, -0.25) is 14.3 Å². The average molecular weight is 483 g/mol. The Hall–Kier alpha value is -4.20. The van der Waals surface area contributed by atoms with Crippen LogP contribution in [-0.2, 0) is 14.1 Å². The monoisotopic (exact) mass is 482 g/mol. The molecule has 2 aromatic carbocycles. The topological polar surface area (TPSA) is 85.1 Å². The fourth-order valence-corrected chi connectivity index (χ4v) is 4.77. The Labute approximate surface area is 210 Å². The number of carbonyl (C=O) groups excluding carboxylic acids is 2. The van der Waals surface area contributed by atoms with Crippen molar-refractivity contribution >= 4 is 17.5 Å². The van der Waals surface area contributed by atoms with E-state index in [4.69, 9.17) is 0 Å². The first kappa shape index (κ1) is 23.5. The van der Waals surface area contributed by atoms with Gasteiger partial charge in [-0.1, -0.05) is 30.3 Å². The highest BCUT2D eigenvalue weighted by Crippen LogP contribution is 2.31. The maximum Gasteiger partial charge on any atom is 0.291 e. The van der Waals surface area contributed by atoms with Crippen molar-refractivity contribution in [1.82, 2.24) is 24.2 Å². The Morgan fingerprint density at radius 1 is 1.00 bits per heavy atom. The van der Waals surface area contributed by atoms with Crippen LogP contribution < -0.4 is 5.32 Å². The molecule has 8 heteroatoms. The lowest BCUT2D eigenvalue weighted by Crippen LogP contribution is -2.38. The molecule has 8 nitrogen and oxygen atoms in total. The number of benzene rings is 2. The van der Waals surface area contributed by atoms with Crippen LogP contribution in [0, 0.1) is 6.92 Å². The number of anilines is 1. The fourth-order valence-electron chi connectivity index (χ4n) is 4.77. The van der Waals surface area contributed by atoms with Gasteiger partial charge in [0.2, 0.25) is 0 Å². The van der Waals surface area contributed by atoms with E-state index in [2.05, 4.69) is 39.7 Å². The third-order valence-electron chi connectivity index (χ3n) is 6.96. The second kappa shape index (κ2) is 9.81. The van der Waals surface area contributed by atoms with Crippen molar-refractivity contribution in [3.8, 4) is 11.1 Å². The number of hydrogen-bond donors (Lipinski definition) is 1. The van der Waals surface area contributed by atoms with E-state index in [1.165, 1.54) is 5.56 Å². The lowest BCUT2D eigenvalue weighted by molar-refractivity contribution is 0.0712. The zero-order chi connectivity index (χ0) is 25.2. The number of nitrogens with one attached hydrogen (secondary N) is 1. The van der Waals surface area contributed by atoms with Gasteiger partial charge in [0.1, 0.15) is 0 Å². The third-order valence-corrected chi connectivity index (χ3v) is 6.96. The highest BCUT2D eigenvalue weighted by atomic mass is 16.2. The van der Waals surface area contributed by atoms with Gasteiger partial charge in [-0.05, 0) is 54.5 Å². The van der Waals surface area contributed by atoms with Gasteiger partial charge in [-0.15, -0.1) is 0 Å². The summed E-state index contributed by atoms with van der Waals surface area (Å²) in [5.74, 6) is 0.447. The quantitative estimate of drug-likeness (QED) is 0.457. The zero-order valence-corrected chi connectivity index (χ0v) is 20.8. The third kappa shape index (κ3) is 4.79. The Morgan fingerprint density at radius 2 is 1.75 bits per heavy atom. The van der Waals surface area contributed by atoms with Gasteiger partial charge in [0.05, 0.1) is 6.20 Å². The molecule has 0 saturated carbocycles. The molecule has 4 aromatic rings. The number of rotatable bonds is 5. The molecule has 0 unspecified atom stereocenters. The van der Waals surface area contributed by atoms with E-state index in [0.717, 1.165) is 29.5 Å². The van der Waals surface area contributed by atoms with Crippen molar-refractivity contribution in [3.63, 3.8) is 0 Å². The SMILES string of the molecule is Cc1ccc(C(=O)N2CCC(c3ccc(-c4cnn(C)c4)cc3)CC2)cc1NC(=O)c1nccn1C. The number of nitrogens with zero attached hydrogens (tertiary/aromatic N) is 5. The molecular weight excluding hydrogens is 452 g/mol. The van der Waals surface area contributed by atoms with Crippen molar-refractivity contribution < 1.29 is 9.59 Å². The predicted molar refractivity (Wildman–Crippen MR) is 139 cm³/mol. The van der Waals surface area contributed by atoms with E-state index >= 15 is 0 Å². The number of carbonyl (C=O) groups is 2. The second-order valence-corrected chi connectivity index (χ2v) is 9.44. The first-order chi connectivity index (χ1) is 17.4. The smallest absolute Gasteiger partial charge is 0.291 e. The van der Waals surface area contributed by atoms with Crippen LogP contribution in [-0.4, -0.2) is 49.1 Å². The molecule has 0 spiro atoms. The molecule has 184 valence electrons. The Kier molecular flexibility index (Phi) is 6.41. The van der Waals surface area contributed by atoms with Crippen LogP contribution in [0.1, 0.15) is 50.9 Å². The number of aromatic nitrogens is 4. The Balaban J connectivity index is 1.22. The number of aryl methyl sites for hydroxylation is 3. The van der Waals surface area contributed by atoms with Crippen molar-refractivity contribution in [2.75, 3.05) is 18.4 Å². The molecule has 1 saturated heterocycles. The molecule has 36 heavy (non-hydrogen) atoms. The van der Waals surface area contributed by atoms with E-state index in [1.807, 2.05) is 43.4 Å². The van der Waals surface area contributed by atoms with Crippen LogP contribution in [0.25, 0.3) is 11.1 Å². The summed E-state index contributed by atoms with van der Waals surface area (Å²) in [4.78, 5) is 31.9. The maximum atomic E-state index is 13.3. The summed E-state index contributed by atoms with van der Waals surface area (Å²) in [5, 5.41) is 7.15. The summed E-state index contributed by atoms with van der Waals surface area (Å²) in [7, 11) is 3.69. The summed E-state index contributed by atoms with van der Waals surface area (Å²) in [6.07, 6.45) is 9.04. The van der Waals surface area contributed by atoms with Crippen molar-refractivity contribution in [3.05, 3.63) is 89.8 Å². The number of imidazole rings is 1. The van der Waals surface area contributed by atoms with Gasteiger partial charge >= 0.3 is 0 Å². The highest BCUT2D eigenvalue weighted by molar-refractivity contribution is 6.03. The minimum atomic E-state index is -0.300. The minimum absolute atomic E-state index is 0.00661. The fraction of sp³-hybridized carbons (Fsp3) is 0.286. The van der Waals surface area contributed by atoms with E-state index in [0.29, 0.717) is 36.1 Å². The molecule has 2 aromatic heterocycles. The highest BCUT2D eigenvalue weighted by Gasteiger charge is 2.25. The molecule has 1 aliphatic heterocycles. The largest absolute Gasteiger partial charge is 0.339 e. The molecular formula is C28H30N6O2. The lowest BCUT2D eigenvalue weighted by atomic mass is 9.88. The molecule has 2 amide bonds. The summed E-state index contributed by atoms with van der Waals surface area (Å²) in [5.41, 5.74) is 5.67. The number of amides is 2. The van der Waals surface area contributed by atoms with Crippen LogP contribution in [0.15, 0.2) is 67.3 Å². The molecule has 0 bridgehead atoms. The summed E-state index contributed by atoms with van der Waals surface area (Å²) in [6.45, 7) is 3.32. The van der Waals surface area contributed by atoms with Crippen LogP contribution in [0.4, 0.5) is 5.69 Å². The number of hydrogen-bond acceptors (Lipinski definition) is 4. The first-order valence-corrected chi connectivity index (χ1v) is 12.2. The van der Waals surface area contributed by atoms with E-state index in [-0.39, 0.29) is 11.8 Å². The summed E-state index contributed by atoms with van der Waals surface area (Å²) >= 11 is 0. The van der Waals surface area contributed by atoms with E-state index in [1.54, 1.807) is 34.8 Å². The van der Waals surface area contributed by atoms with Gasteiger partial charge in [-0.25, -0.2) is 4.98 Å². The Morgan fingerprint density at radius 3 is 2.39 bits per heavy atom. The van der Waals surface area contributed by atoms with Gasteiger partial charge in [0, 0.05) is 62.6 Å². The van der Waals surface area contributed by atoms with Gasteiger partial charge in [-0.2, -0.15) is 5.10 Å². The standard InChI is InChI=1S/C28H30N6O2/c1-19-4-5-23(16-25(19)31-27(35)26-29-12-15-32(26)2)28(36)34-13-10-22(11-14-34)20-6-8-21(9-7-20)24-17-30-33(3)18-24/h4-9,12,15-18,22H,10-11,13-14H2,1-3H3,(H,31,35). The molecule has 0 atom stereocenters. The molecule has 1 N–H and O–H groups in total. The summed E-state index contributed by atoms with van der Waals surface area (Å²) < 4.78 is 3.47. The van der Waals surface area contributed by atoms with E-state index < -0.39 is 0 Å². The van der Waals surface area contributed by atoms with Crippen molar-refractivity contribution in [1.29, 1.82) is 0 Å². The molecule has 0 aliphatic carbocycles. The van der Waals surface area contributed by atoms with Crippen LogP contribution in [0.2, 0.25) is 0 Å². The van der Waals surface area contributed by atoms with Crippen LogP contribution >= 0.6 is 0 Å². The van der Waals surface area contributed by atoms with Crippen molar-refractivity contribution in [2.45, 2.75) is 25.7 Å². The maximum absolute atomic E-state index is 13.3. The first-order valence-electron chi connectivity index (χ1n) is 12.2. The van der Waals surface area contributed by atoms with Gasteiger partial charge < -0.3 is 14.8 Å². The summed E-state index contributed by atoms with van der Waals surface area (Å²) in [6, 6.07) is 14.2. The lowest BCUT2D eigenvalue weighted by Gasteiger charge is -2.32. The molecule has 5 rings (SSSR count). The van der Waals surface area contributed by atoms with Crippen LogP contribution in [0.5, 0.6) is 0 Å². The van der Waals surface area contributed by atoms with Gasteiger partial charge in [0.25, 0.3) is 11.8 Å². The normalized spacial score (nSPS) is 14.1. The van der Waals surface area contributed by atoms with Crippen LogP contribution in [0.3, 0.4) is 0 Å². The molecule has 3 heterocycles. The zero-order valence-electron chi connectivity index (χ0n) is 20.8.